The molecule has 0 heterocycles. The van der Waals surface area contributed by atoms with Crippen molar-refractivity contribution in [1.82, 2.24) is 10.2 Å². The highest BCUT2D eigenvalue weighted by atomic mass is 16.5. The Morgan fingerprint density at radius 1 is 1.33 bits per heavy atom. The number of carbonyl (C=O) groups is 2. The molecule has 0 fully saturated rings. The highest BCUT2D eigenvalue weighted by molar-refractivity contribution is 5.94. The zero-order valence-electron chi connectivity index (χ0n) is 12.6. The summed E-state index contributed by atoms with van der Waals surface area (Å²) in [7, 11) is 4.91. The molecule has 0 aliphatic rings. The molecular formula is C14H22N4O3. The molecule has 0 unspecified atom stereocenters. The number of carbonyl (C=O) groups excluding carboxylic acids is 2. The van der Waals surface area contributed by atoms with E-state index in [1.54, 1.807) is 44.3 Å². The predicted octanol–water partition coefficient (Wildman–Crippen LogP) is 0.284. The first kappa shape index (κ1) is 16.8. The Hall–Kier alpha value is -2.28. The fourth-order valence-corrected chi connectivity index (χ4v) is 1.69. The Labute approximate surface area is 124 Å². The third kappa shape index (κ3) is 5.70. The van der Waals surface area contributed by atoms with Crippen molar-refractivity contribution in [2.24, 2.45) is 0 Å². The van der Waals surface area contributed by atoms with Gasteiger partial charge in [-0.15, -0.1) is 0 Å². The molecule has 2 amide bonds. The number of hydrogen-bond donors (Lipinski definition) is 3. The van der Waals surface area contributed by atoms with E-state index in [2.05, 4.69) is 10.6 Å². The monoisotopic (exact) mass is 294 g/mol. The van der Waals surface area contributed by atoms with Gasteiger partial charge in [-0.2, -0.15) is 0 Å². The van der Waals surface area contributed by atoms with Crippen molar-refractivity contribution in [2.75, 3.05) is 45.3 Å². The molecule has 0 atom stereocenters. The van der Waals surface area contributed by atoms with Gasteiger partial charge in [-0.25, -0.2) is 0 Å². The van der Waals surface area contributed by atoms with Gasteiger partial charge < -0.3 is 21.1 Å². The van der Waals surface area contributed by atoms with Crippen molar-refractivity contribution in [1.29, 1.82) is 0 Å². The number of ether oxygens (including phenoxy) is 1. The first-order valence-electron chi connectivity index (χ1n) is 6.58. The lowest BCUT2D eigenvalue weighted by atomic mass is 10.2. The van der Waals surface area contributed by atoms with Gasteiger partial charge in [0.15, 0.2) is 0 Å². The Bertz CT molecular complexity index is 505. The summed E-state index contributed by atoms with van der Waals surface area (Å²) < 4.78 is 5.04. The van der Waals surface area contributed by atoms with E-state index in [-0.39, 0.29) is 24.8 Å². The standard InChI is InChI=1S/C14H22N4O3/c1-16-14(20)9-18(2)7-6-13(19)17-12-5-4-10(21-3)8-11(12)15/h4-5,8H,6-7,9,15H2,1-3H3,(H,16,20)(H,17,19). The van der Waals surface area contributed by atoms with E-state index in [9.17, 15) is 9.59 Å². The lowest BCUT2D eigenvalue weighted by molar-refractivity contribution is -0.122. The number of nitrogens with two attached hydrogens (primary N) is 1. The maximum Gasteiger partial charge on any atom is 0.233 e. The lowest BCUT2D eigenvalue weighted by Gasteiger charge is -2.15. The minimum Gasteiger partial charge on any atom is -0.497 e. The molecule has 0 saturated heterocycles. The van der Waals surface area contributed by atoms with Gasteiger partial charge in [0.1, 0.15) is 5.75 Å². The zero-order chi connectivity index (χ0) is 15.8. The summed E-state index contributed by atoms with van der Waals surface area (Å²) in [6.45, 7) is 0.740. The summed E-state index contributed by atoms with van der Waals surface area (Å²) in [5.74, 6) is 0.392. The van der Waals surface area contributed by atoms with Crippen LogP contribution in [0.15, 0.2) is 18.2 Å². The molecule has 0 saturated carbocycles. The van der Waals surface area contributed by atoms with Crippen LogP contribution in [0.4, 0.5) is 11.4 Å². The quantitative estimate of drug-likeness (QED) is 0.628. The second kappa shape index (κ2) is 8.11. The molecule has 0 aromatic heterocycles. The molecular weight excluding hydrogens is 272 g/mol. The van der Waals surface area contributed by atoms with Gasteiger partial charge in [-0.1, -0.05) is 0 Å². The fraction of sp³-hybridized carbons (Fsp3) is 0.429. The van der Waals surface area contributed by atoms with Gasteiger partial charge in [0.25, 0.3) is 0 Å². The number of nitrogen functional groups attached to an aromatic ring is 1. The SMILES string of the molecule is CNC(=O)CN(C)CCC(=O)Nc1ccc(OC)cc1N. The minimum absolute atomic E-state index is 0.0858. The number of methoxy groups -OCH3 is 1. The van der Waals surface area contributed by atoms with E-state index in [4.69, 9.17) is 10.5 Å². The second-order valence-corrected chi connectivity index (χ2v) is 4.66. The third-order valence-electron chi connectivity index (χ3n) is 2.95. The van der Waals surface area contributed by atoms with Crippen LogP contribution < -0.4 is 21.1 Å². The smallest absolute Gasteiger partial charge is 0.233 e. The Balaban J connectivity index is 2.45. The maximum atomic E-state index is 11.9. The number of rotatable bonds is 7. The van der Waals surface area contributed by atoms with Gasteiger partial charge >= 0.3 is 0 Å². The minimum atomic E-state index is -0.157. The number of likely N-dealkylation sites (N-methyl/N-ethyl adjacent to an activating group) is 2. The summed E-state index contributed by atoms with van der Waals surface area (Å²) in [5.41, 5.74) is 6.82. The van der Waals surface area contributed by atoms with Crippen LogP contribution in [0, 0.1) is 0 Å². The topological polar surface area (TPSA) is 96.7 Å². The summed E-state index contributed by atoms with van der Waals surface area (Å²) in [5, 5.41) is 5.27. The molecule has 1 aromatic rings. The van der Waals surface area contributed by atoms with E-state index >= 15 is 0 Å². The molecule has 0 spiro atoms. The van der Waals surface area contributed by atoms with Crippen LogP contribution in [-0.4, -0.2) is 51.0 Å². The number of hydrogen-bond acceptors (Lipinski definition) is 5. The molecule has 0 aliphatic carbocycles. The van der Waals surface area contributed by atoms with E-state index in [0.717, 1.165) is 0 Å². The summed E-state index contributed by atoms with van der Waals surface area (Å²) in [6, 6.07) is 5.07. The molecule has 116 valence electrons. The summed E-state index contributed by atoms with van der Waals surface area (Å²) in [4.78, 5) is 24.8. The van der Waals surface area contributed by atoms with Gasteiger partial charge in [-0.3, -0.25) is 14.5 Å². The van der Waals surface area contributed by atoms with Gasteiger partial charge in [-0.05, 0) is 19.2 Å². The summed E-state index contributed by atoms with van der Waals surface area (Å²) in [6.07, 6.45) is 0.277. The van der Waals surface area contributed by atoms with Crippen LogP contribution in [0.2, 0.25) is 0 Å². The van der Waals surface area contributed by atoms with Crippen LogP contribution in [-0.2, 0) is 9.59 Å². The van der Waals surface area contributed by atoms with E-state index in [1.165, 1.54) is 0 Å². The van der Waals surface area contributed by atoms with Crippen molar-refractivity contribution < 1.29 is 14.3 Å². The molecule has 0 radical (unpaired) electrons. The van der Waals surface area contributed by atoms with Gasteiger partial charge in [0.05, 0.1) is 25.0 Å². The van der Waals surface area contributed by atoms with Crippen molar-refractivity contribution in [3.05, 3.63) is 18.2 Å². The number of anilines is 2. The predicted molar refractivity (Wildman–Crippen MR) is 82.2 cm³/mol. The van der Waals surface area contributed by atoms with E-state index < -0.39 is 0 Å². The highest BCUT2D eigenvalue weighted by Crippen LogP contribution is 2.24. The molecule has 1 rings (SSSR count). The largest absolute Gasteiger partial charge is 0.497 e. The lowest BCUT2D eigenvalue weighted by Crippen LogP contribution is -2.34. The van der Waals surface area contributed by atoms with Gasteiger partial charge in [0, 0.05) is 26.1 Å². The van der Waals surface area contributed by atoms with Crippen molar-refractivity contribution in [3.63, 3.8) is 0 Å². The molecule has 4 N–H and O–H groups in total. The van der Waals surface area contributed by atoms with E-state index in [1.807, 2.05) is 0 Å². The van der Waals surface area contributed by atoms with Gasteiger partial charge in [0.2, 0.25) is 11.8 Å². The van der Waals surface area contributed by atoms with E-state index in [0.29, 0.717) is 23.7 Å². The van der Waals surface area contributed by atoms with Crippen LogP contribution >= 0.6 is 0 Å². The second-order valence-electron chi connectivity index (χ2n) is 4.66. The highest BCUT2D eigenvalue weighted by Gasteiger charge is 2.09. The third-order valence-corrected chi connectivity index (χ3v) is 2.95. The van der Waals surface area contributed by atoms with Crippen LogP contribution in [0.3, 0.4) is 0 Å². The molecule has 0 aliphatic heterocycles. The summed E-state index contributed by atoms with van der Waals surface area (Å²) >= 11 is 0. The van der Waals surface area contributed by atoms with Crippen molar-refractivity contribution in [2.45, 2.75) is 6.42 Å². The van der Waals surface area contributed by atoms with Crippen LogP contribution in [0.25, 0.3) is 0 Å². The first-order chi connectivity index (χ1) is 9.96. The number of amides is 2. The first-order valence-corrected chi connectivity index (χ1v) is 6.58. The maximum absolute atomic E-state index is 11.9. The van der Waals surface area contributed by atoms with Crippen molar-refractivity contribution >= 4 is 23.2 Å². The van der Waals surface area contributed by atoms with Crippen LogP contribution in [0.1, 0.15) is 6.42 Å². The molecule has 21 heavy (non-hydrogen) atoms. The fourth-order valence-electron chi connectivity index (χ4n) is 1.69. The number of nitrogens with zero attached hydrogens (tertiary/aromatic N) is 1. The van der Waals surface area contributed by atoms with Crippen molar-refractivity contribution in [3.8, 4) is 5.75 Å². The Morgan fingerprint density at radius 3 is 2.62 bits per heavy atom. The molecule has 0 bridgehead atoms. The average Bonchev–Trinajstić information content (AvgIpc) is 2.47. The molecule has 7 heteroatoms. The molecule has 7 nitrogen and oxygen atoms in total. The number of nitrogens with one attached hydrogen (secondary N) is 2. The Kier molecular flexibility index (Phi) is 6.48. The Morgan fingerprint density at radius 2 is 2.05 bits per heavy atom. The average molecular weight is 294 g/mol. The van der Waals surface area contributed by atoms with Crippen LogP contribution in [0.5, 0.6) is 5.75 Å². The molecule has 1 aromatic carbocycles. The normalized spacial score (nSPS) is 10.3. The number of benzene rings is 1. The zero-order valence-corrected chi connectivity index (χ0v) is 12.6.